The molecule has 21 heavy (non-hydrogen) atoms. The summed E-state index contributed by atoms with van der Waals surface area (Å²) in [6, 6.07) is 6.27. The first kappa shape index (κ1) is 16.1. The number of hydrogen-bond donors (Lipinski definition) is 2. The molecule has 0 aliphatic carbocycles. The van der Waals surface area contributed by atoms with Gasteiger partial charge < -0.3 is 20.1 Å². The van der Waals surface area contributed by atoms with Gasteiger partial charge in [-0.1, -0.05) is 6.07 Å². The Morgan fingerprint density at radius 1 is 1.38 bits per heavy atom. The second-order valence-corrected chi connectivity index (χ2v) is 5.96. The van der Waals surface area contributed by atoms with Gasteiger partial charge in [0.05, 0.1) is 7.11 Å². The number of benzene rings is 1. The number of nitrogens with zero attached hydrogens (tertiary/aromatic N) is 2. The normalized spacial score (nSPS) is 22.2. The van der Waals surface area contributed by atoms with E-state index in [1.807, 2.05) is 12.1 Å². The first-order valence-electron chi connectivity index (χ1n) is 7.50. The lowest BCUT2D eigenvalue weighted by Gasteiger charge is -2.38. The molecule has 1 saturated heterocycles. The maximum Gasteiger partial charge on any atom is 0.160 e. The summed E-state index contributed by atoms with van der Waals surface area (Å²) in [6.45, 7) is 6.43. The van der Waals surface area contributed by atoms with Crippen molar-refractivity contribution in [3.63, 3.8) is 0 Å². The van der Waals surface area contributed by atoms with Gasteiger partial charge in [-0.3, -0.25) is 4.90 Å². The highest BCUT2D eigenvalue weighted by Gasteiger charge is 2.22. The van der Waals surface area contributed by atoms with Crippen LogP contribution in [0.25, 0.3) is 0 Å². The topological polar surface area (TPSA) is 48.0 Å². The Balaban J connectivity index is 1.93. The third-order valence-corrected chi connectivity index (χ3v) is 4.34. The van der Waals surface area contributed by atoms with Crippen LogP contribution in [0.15, 0.2) is 18.2 Å². The van der Waals surface area contributed by atoms with Gasteiger partial charge in [0.1, 0.15) is 0 Å². The zero-order chi connectivity index (χ0) is 15.4. The summed E-state index contributed by atoms with van der Waals surface area (Å²) in [6.07, 6.45) is 0. The Morgan fingerprint density at radius 3 is 2.86 bits per heavy atom. The molecule has 0 spiro atoms. The van der Waals surface area contributed by atoms with Crippen LogP contribution in [0.1, 0.15) is 18.5 Å². The Morgan fingerprint density at radius 2 is 2.14 bits per heavy atom. The summed E-state index contributed by atoms with van der Waals surface area (Å²) in [4.78, 5) is 4.79. The van der Waals surface area contributed by atoms with Crippen molar-refractivity contribution < 1.29 is 9.84 Å². The molecule has 1 aliphatic heterocycles. The zero-order valence-corrected chi connectivity index (χ0v) is 13.5. The van der Waals surface area contributed by atoms with E-state index in [1.165, 1.54) is 0 Å². The Labute approximate surface area is 127 Å². The second-order valence-electron chi connectivity index (χ2n) is 5.96. The summed E-state index contributed by atoms with van der Waals surface area (Å²) in [5.41, 5.74) is 1.12. The quantitative estimate of drug-likeness (QED) is 0.857. The number of piperazine rings is 1. The molecule has 0 amide bonds. The Hall–Kier alpha value is -1.30. The number of hydrogen-bond acceptors (Lipinski definition) is 5. The van der Waals surface area contributed by atoms with Crippen LogP contribution in [-0.4, -0.2) is 68.3 Å². The lowest BCUT2D eigenvalue weighted by Crippen LogP contribution is -2.53. The molecule has 5 nitrogen and oxygen atoms in total. The molecule has 2 N–H and O–H groups in total. The summed E-state index contributed by atoms with van der Waals surface area (Å²) in [7, 11) is 5.94. The number of phenolic OH excluding ortho intramolecular Hbond substituents is 1. The molecule has 0 radical (unpaired) electrons. The van der Waals surface area contributed by atoms with E-state index in [4.69, 9.17) is 4.74 Å². The van der Waals surface area contributed by atoms with Gasteiger partial charge in [-0.05, 0) is 38.7 Å². The first-order valence-corrected chi connectivity index (χ1v) is 7.50. The highest BCUT2D eigenvalue weighted by atomic mass is 16.5. The van der Waals surface area contributed by atoms with Gasteiger partial charge in [-0.15, -0.1) is 0 Å². The zero-order valence-electron chi connectivity index (χ0n) is 13.5. The van der Waals surface area contributed by atoms with Gasteiger partial charge in [-0.2, -0.15) is 0 Å². The van der Waals surface area contributed by atoms with E-state index in [0.717, 1.165) is 31.7 Å². The first-order chi connectivity index (χ1) is 10.0. The number of aromatic hydroxyl groups is 1. The van der Waals surface area contributed by atoms with Crippen LogP contribution in [0.2, 0.25) is 0 Å². The molecule has 118 valence electrons. The molecule has 1 fully saturated rings. The molecule has 1 aliphatic rings. The van der Waals surface area contributed by atoms with Crippen molar-refractivity contribution >= 4 is 0 Å². The van der Waals surface area contributed by atoms with Gasteiger partial charge in [0, 0.05) is 38.3 Å². The third kappa shape index (κ3) is 4.09. The molecule has 0 aromatic heterocycles. The number of methoxy groups -OCH3 is 1. The highest BCUT2D eigenvalue weighted by Crippen LogP contribution is 2.28. The largest absolute Gasteiger partial charge is 0.504 e. The molecule has 1 aromatic rings. The lowest BCUT2D eigenvalue weighted by molar-refractivity contribution is 0.112. The fourth-order valence-corrected chi connectivity index (χ4v) is 2.72. The SMILES string of the molecule is COc1cc(C(C)NCC2CN(C)CCN2C)ccc1O. The minimum absolute atomic E-state index is 0.182. The van der Waals surface area contributed by atoms with Crippen LogP contribution in [0.5, 0.6) is 11.5 Å². The summed E-state index contributed by atoms with van der Waals surface area (Å²) in [5, 5.41) is 13.2. The minimum Gasteiger partial charge on any atom is -0.504 e. The monoisotopic (exact) mass is 293 g/mol. The fourth-order valence-electron chi connectivity index (χ4n) is 2.72. The van der Waals surface area contributed by atoms with Gasteiger partial charge in [0.25, 0.3) is 0 Å². The molecular formula is C16H27N3O2. The number of nitrogens with one attached hydrogen (secondary N) is 1. The number of phenols is 1. The third-order valence-electron chi connectivity index (χ3n) is 4.34. The smallest absolute Gasteiger partial charge is 0.160 e. The lowest BCUT2D eigenvalue weighted by atomic mass is 10.1. The number of rotatable bonds is 5. The molecule has 0 bridgehead atoms. The van der Waals surface area contributed by atoms with Gasteiger partial charge in [0.15, 0.2) is 11.5 Å². The average Bonchev–Trinajstić information content (AvgIpc) is 2.48. The van der Waals surface area contributed by atoms with Crippen LogP contribution in [0, 0.1) is 0 Å². The van der Waals surface area contributed by atoms with E-state index in [0.29, 0.717) is 11.8 Å². The van der Waals surface area contributed by atoms with Crippen molar-refractivity contribution in [2.24, 2.45) is 0 Å². The molecule has 2 unspecified atom stereocenters. The molecule has 2 rings (SSSR count). The Kier molecular flexibility index (Phi) is 5.45. The van der Waals surface area contributed by atoms with Crippen molar-refractivity contribution in [2.45, 2.75) is 19.0 Å². The van der Waals surface area contributed by atoms with E-state index in [1.54, 1.807) is 13.2 Å². The molecule has 1 aromatic carbocycles. The van der Waals surface area contributed by atoms with E-state index in [2.05, 4.69) is 36.1 Å². The maximum absolute atomic E-state index is 9.66. The summed E-state index contributed by atoms with van der Waals surface area (Å²) < 4.78 is 5.17. The molecule has 0 saturated carbocycles. The number of likely N-dealkylation sites (N-methyl/N-ethyl adjacent to an activating group) is 2. The average molecular weight is 293 g/mol. The molecule has 5 heteroatoms. The Bertz CT molecular complexity index is 467. The van der Waals surface area contributed by atoms with Crippen LogP contribution < -0.4 is 10.1 Å². The van der Waals surface area contributed by atoms with E-state index in [-0.39, 0.29) is 11.8 Å². The van der Waals surface area contributed by atoms with E-state index >= 15 is 0 Å². The van der Waals surface area contributed by atoms with Crippen molar-refractivity contribution in [3.8, 4) is 11.5 Å². The van der Waals surface area contributed by atoms with Crippen LogP contribution in [0.4, 0.5) is 0 Å². The molecule has 2 atom stereocenters. The standard InChI is InChI=1S/C16H27N3O2/c1-12(13-5-6-15(20)16(9-13)21-4)17-10-14-11-18(2)7-8-19(14)3/h5-6,9,12,14,17,20H,7-8,10-11H2,1-4H3. The van der Waals surface area contributed by atoms with Crippen LogP contribution >= 0.6 is 0 Å². The van der Waals surface area contributed by atoms with Crippen molar-refractivity contribution in [1.29, 1.82) is 0 Å². The summed E-state index contributed by atoms with van der Waals surface area (Å²) >= 11 is 0. The second kappa shape index (κ2) is 7.11. The van der Waals surface area contributed by atoms with Crippen LogP contribution in [-0.2, 0) is 0 Å². The maximum atomic E-state index is 9.66. The van der Waals surface area contributed by atoms with Gasteiger partial charge >= 0.3 is 0 Å². The minimum atomic E-state index is 0.182. The highest BCUT2D eigenvalue weighted by molar-refractivity contribution is 5.42. The van der Waals surface area contributed by atoms with Gasteiger partial charge in [0.2, 0.25) is 0 Å². The predicted molar refractivity (Wildman–Crippen MR) is 85.0 cm³/mol. The molecular weight excluding hydrogens is 266 g/mol. The van der Waals surface area contributed by atoms with Crippen molar-refractivity contribution in [2.75, 3.05) is 47.4 Å². The van der Waals surface area contributed by atoms with Crippen molar-refractivity contribution in [3.05, 3.63) is 23.8 Å². The fraction of sp³-hybridized carbons (Fsp3) is 0.625. The number of ether oxygens (including phenoxy) is 1. The summed E-state index contributed by atoms with van der Waals surface area (Å²) in [5.74, 6) is 0.706. The molecule has 1 heterocycles. The van der Waals surface area contributed by atoms with Crippen LogP contribution in [0.3, 0.4) is 0 Å². The van der Waals surface area contributed by atoms with E-state index < -0.39 is 0 Å². The van der Waals surface area contributed by atoms with Gasteiger partial charge in [-0.25, -0.2) is 0 Å². The van der Waals surface area contributed by atoms with E-state index in [9.17, 15) is 5.11 Å². The predicted octanol–water partition coefficient (Wildman–Crippen LogP) is 1.30. The van der Waals surface area contributed by atoms with Crippen molar-refractivity contribution in [1.82, 2.24) is 15.1 Å².